The molecular formula is C23H28N6O. The van der Waals surface area contributed by atoms with Crippen LogP contribution < -0.4 is 4.90 Å². The molecule has 0 atom stereocenters. The second-order valence-corrected chi connectivity index (χ2v) is 8.81. The third kappa shape index (κ3) is 3.42. The summed E-state index contributed by atoms with van der Waals surface area (Å²) in [7, 11) is 2.16. The number of anilines is 1. The van der Waals surface area contributed by atoms with Gasteiger partial charge in [0.2, 0.25) is 0 Å². The van der Waals surface area contributed by atoms with Gasteiger partial charge in [-0.1, -0.05) is 0 Å². The zero-order chi connectivity index (χ0) is 20.6. The molecule has 0 aromatic carbocycles. The van der Waals surface area contributed by atoms with Crippen LogP contribution in [0.3, 0.4) is 0 Å². The number of amides is 1. The minimum absolute atomic E-state index is 0.116. The molecule has 3 aromatic rings. The van der Waals surface area contributed by atoms with E-state index >= 15 is 0 Å². The molecule has 2 aliphatic rings. The summed E-state index contributed by atoms with van der Waals surface area (Å²) < 4.78 is 0. The van der Waals surface area contributed by atoms with Crippen molar-refractivity contribution in [1.29, 1.82) is 0 Å². The summed E-state index contributed by atoms with van der Waals surface area (Å²) in [5.74, 6) is 1.13. The Hall–Kier alpha value is -2.96. The van der Waals surface area contributed by atoms with Crippen LogP contribution >= 0.6 is 0 Å². The summed E-state index contributed by atoms with van der Waals surface area (Å²) in [4.78, 5) is 33.2. The number of fused-ring (bicyclic) bond motifs is 1. The Kier molecular flexibility index (Phi) is 4.89. The Labute approximate surface area is 176 Å². The predicted molar refractivity (Wildman–Crippen MR) is 116 cm³/mol. The molecule has 1 aliphatic carbocycles. The number of nitrogens with zero attached hydrogens (tertiary/aromatic N) is 5. The smallest absolute Gasteiger partial charge is 0.255 e. The number of aromatic amines is 1. The molecule has 1 amide bonds. The fourth-order valence-corrected chi connectivity index (χ4v) is 5.27. The summed E-state index contributed by atoms with van der Waals surface area (Å²) in [6.07, 6.45) is 13.9. The number of hydrogen-bond acceptors (Lipinski definition) is 5. The molecule has 0 bridgehead atoms. The highest BCUT2D eigenvalue weighted by atomic mass is 16.2. The van der Waals surface area contributed by atoms with Gasteiger partial charge in [0.05, 0.1) is 10.9 Å². The fraction of sp³-hybridized carbons (Fsp3) is 0.478. The van der Waals surface area contributed by atoms with Gasteiger partial charge in [-0.25, -0.2) is 9.97 Å². The van der Waals surface area contributed by atoms with Crippen molar-refractivity contribution in [2.24, 2.45) is 5.41 Å². The normalized spacial score (nSPS) is 19.3. The van der Waals surface area contributed by atoms with E-state index in [4.69, 9.17) is 0 Å². The molecule has 1 N–H and O–H groups in total. The van der Waals surface area contributed by atoms with Gasteiger partial charge in [0, 0.05) is 44.8 Å². The first-order valence-electron chi connectivity index (χ1n) is 10.9. The zero-order valence-electron chi connectivity index (χ0n) is 17.4. The largest absolute Gasteiger partial charge is 0.356 e. The van der Waals surface area contributed by atoms with Crippen LogP contribution in [0.15, 0.2) is 43.1 Å². The van der Waals surface area contributed by atoms with E-state index in [1.807, 2.05) is 23.2 Å². The van der Waals surface area contributed by atoms with Crippen LogP contribution in [0, 0.1) is 5.41 Å². The molecule has 30 heavy (non-hydrogen) atoms. The molecule has 7 heteroatoms. The molecule has 0 radical (unpaired) electrons. The number of piperidine rings is 1. The van der Waals surface area contributed by atoms with E-state index in [2.05, 4.69) is 37.9 Å². The molecule has 156 valence electrons. The van der Waals surface area contributed by atoms with Crippen molar-refractivity contribution >= 4 is 22.8 Å². The fourth-order valence-electron chi connectivity index (χ4n) is 5.27. The molecule has 0 unspecified atom stereocenters. The highest BCUT2D eigenvalue weighted by Crippen LogP contribution is 2.46. The Morgan fingerprint density at radius 3 is 2.70 bits per heavy atom. The minimum atomic E-state index is 0.116. The predicted octanol–water partition coefficient (Wildman–Crippen LogP) is 3.65. The number of H-pyrrole nitrogens is 1. The van der Waals surface area contributed by atoms with Crippen LogP contribution in [0.2, 0.25) is 0 Å². The van der Waals surface area contributed by atoms with Crippen molar-refractivity contribution in [3.63, 3.8) is 0 Å². The molecule has 7 nitrogen and oxygen atoms in total. The third-order valence-corrected chi connectivity index (χ3v) is 7.25. The number of pyridine rings is 1. The number of nitrogens with one attached hydrogen (secondary N) is 1. The van der Waals surface area contributed by atoms with Crippen molar-refractivity contribution in [2.75, 3.05) is 25.0 Å². The number of hydrogen-bond donors (Lipinski definition) is 1. The first-order valence-corrected chi connectivity index (χ1v) is 10.9. The average molecular weight is 405 g/mol. The lowest BCUT2D eigenvalue weighted by Crippen LogP contribution is -2.46. The number of likely N-dealkylation sites (tertiary alicyclic amines) is 1. The molecular weight excluding hydrogens is 376 g/mol. The van der Waals surface area contributed by atoms with Gasteiger partial charge < -0.3 is 14.8 Å². The Bertz CT molecular complexity index is 1010. The first-order chi connectivity index (χ1) is 14.7. The molecule has 1 aliphatic heterocycles. The second-order valence-electron chi connectivity index (χ2n) is 8.81. The van der Waals surface area contributed by atoms with E-state index in [0.717, 1.165) is 42.8 Å². The van der Waals surface area contributed by atoms with Crippen LogP contribution in [0.5, 0.6) is 0 Å². The molecule has 5 rings (SSSR count). The van der Waals surface area contributed by atoms with Gasteiger partial charge in [-0.2, -0.15) is 0 Å². The van der Waals surface area contributed by atoms with Crippen LogP contribution in [-0.4, -0.2) is 56.9 Å². The van der Waals surface area contributed by atoms with Crippen molar-refractivity contribution in [3.8, 4) is 0 Å². The molecule has 1 spiro atoms. The maximum absolute atomic E-state index is 12.7. The third-order valence-electron chi connectivity index (χ3n) is 7.25. The van der Waals surface area contributed by atoms with Crippen molar-refractivity contribution < 1.29 is 4.79 Å². The SMILES string of the molecule is CN(c1ncnc2[nH]ccc12)C1CCC2(CC1)CCN(C(=O)c1cccnc1)CC2. The summed E-state index contributed by atoms with van der Waals surface area (Å²) in [5, 5.41) is 1.09. The monoisotopic (exact) mass is 404 g/mol. The topological polar surface area (TPSA) is 78.0 Å². The molecule has 1 saturated carbocycles. The number of aromatic nitrogens is 4. The van der Waals surface area contributed by atoms with E-state index < -0.39 is 0 Å². The molecule has 4 heterocycles. The van der Waals surface area contributed by atoms with Crippen molar-refractivity contribution in [3.05, 3.63) is 48.7 Å². The van der Waals surface area contributed by atoms with Crippen molar-refractivity contribution in [1.82, 2.24) is 24.8 Å². The van der Waals surface area contributed by atoms with Crippen LogP contribution in [-0.2, 0) is 0 Å². The number of carbonyl (C=O) groups excluding carboxylic acids is 1. The van der Waals surface area contributed by atoms with E-state index in [0.29, 0.717) is 17.0 Å². The quantitative estimate of drug-likeness (QED) is 0.721. The van der Waals surface area contributed by atoms with Gasteiger partial charge in [-0.05, 0) is 62.1 Å². The summed E-state index contributed by atoms with van der Waals surface area (Å²) in [6.45, 7) is 1.70. The molecule has 3 aromatic heterocycles. The zero-order valence-corrected chi connectivity index (χ0v) is 17.4. The summed E-state index contributed by atoms with van der Waals surface area (Å²) in [5.41, 5.74) is 1.97. The van der Waals surface area contributed by atoms with E-state index in [1.165, 1.54) is 25.7 Å². The highest BCUT2D eigenvalue weighted by molar-refractivity contribution is 5.94. The summed E-state index contributed by atoms with van der Waals surface area (Å²) >= 11 is 0. The lowest BCUT2D eigenvalue weighted by atomic mass is 9.66. The van der Waals surface area contributed by atoms with Gasteiger partial charge in [0.15, 0.2) is 0 Å². The first kappa shape index (κ1) is 19.0. The maximum Gasteiger partial charge on any atom is 0.255 e. The van der Waals surface area contributed by atoms with Gasteiger partial charge in [-0.3, -0.25) is 9.78 Å². The van der Waals surface area contributed by atoms with Crippen LogP contribution in [0.4, 0.5) is 5.82 Å². The standard InChI is InChI=1S/C23H28N6O/c1-28(21-19-6-12-25-20(19)26-16-27-21)18-4-7-23(8-5-18)9-13-29(14-10-23)22(30)17-3-2-11-24-15-17/h2-3,6,11-12,15-16,18H,4-5,7-10,13-14H2,1H3,(H,25,26,27). The van der Waals surface area contributed by atoms with E-state index in [-0.39, 0.29) is 5.91 Å². The Morgan fingerprint density at radius 1 is 1.17 bits per heavy atom. The number of rotatable bonds is 3. The van der Waals surface area contributed by atoms with Crippen LogP contribution in [0.1, 0.15) is 48.9 Å². The van der Waals surface area contributed by atoms with Gasteiger partial charge >= 0.3 is 0 Å². The molecule has 1 saturated heterocycles. The maximum atomic E-state index is 12.7. The van der Waals surface area contributed by atoms with Gasteiger partial charge in [-0.15, -0.1) is 0 Å². The number of carbonyl (C=O) groups is 1. The van der Waals surface area contributed by atoms with Gasteiger partial charge in [0.25, 0.3) is 5.91 Å². The Morgan fingerprint density at radius 2 is 1.97 bits per heavy atom. The Balaban J connectivity index is 1.20. The lowest BCUT2D eigenvalue weighted by molar-refractivity contribution is 0.0449. The minimum Gasteiger partial charge on any atom is -0.356 e. The van der Waals surface area contributed by atoms with Gasteiger partial charge in [0.1, 0.15) is 17.8 Å². The van der Waals surface area contributed by atoms with E-state index in [9.17, 15) is 4.79 Å². The second kappa shape index (κ2) is 7.70. The van der Waals surface area contributed by atoms with Crippen molar-refractivity contribution in [2.45, 2.75) is 44.6 Å². The summed E-state index contributed by atoms with van der Waals surface area (Å²) in [6, 6.07) is 6.24. The van der Waals surface area contributed by atoms with Crippen LogP contribution in [0.25, 0.3) is 11.0 Å². The van der Waals surface area contributed by atoms with E-state index in [1.54, 1.807) is 18.7 Å². The average Bonchev–Trinajstić information content (AvgIpc) is 3.29. The highest BCUT2D eigenvalue weighted by Gasteiger charge is 2.40. The molecule has 2 fully saturated rings. The lowest BCUT2D eigenvalue weighted by Gasteiger charge is -2.47.